The molecule has 2 N–H and O–H groups in total. The summed E-state index contributed by atoms with van der Waals surface area (Å²) in [7, 11) is 0. The van der Waals surface area contributed by atoms with Crippen LogP contribution in [0.3, 0.4) is 0 Å². The van der Waals surface area contributed by atoms with Gasteiger partial charge in [0.1, 0.15) is 0 Å². The molecule has 0 aliphatic carbocycles. The maximum Gasteiger partial charge on any atom is 0.0923 e. The maximum absolute atomic E-state index is 5.52. The molecule has 0 amide bonds. The number of benzene rings is 2. The van der Waals surface area contributed by atoms with E-state index in [9.17, 15) is 0 Å². The molecule has 3 aromatic rings. The molecule has 0 spiro atoms. The van der Waals surface area contributed by atoms with Gasteiger partial charge in [0.15, 0.2) is 0 Å². The van der Waals surface area contributed by atoms with Crippen LogP contribution in [-0.4, -0.2) is 16.3 Å². The molecule has 0 aliphatic heterocycles. The van der Waals surface area contributed by atoms with Gasteiger partial charge in [-0.3, -0.25) is 4.68 Å². The lowest BCUT2D eigenvalue weighted by Gasteiger charge is -2.01. The molecule has 0 bridgehead atoms. The van der Waals surface area contributed by atoms with Crippen molar-refractivity contribution in [3.63, 3.8) is 0 Å². The van der Waals surface area contributed by atoms with Crippen molar-refractivity contribution in [2.45, 2.75) is 13.0 Å². The first kappa shape index (κ1) is 11.9. The molecule has 1 heterocycles. The van der Waals surface area contributed by atoms with Crippen LogP contribution in [0.2, 0.25) is 0 Å². The van der Waals surface area contributed by atoms with Crippen molar-refractivity contribution in [3.8, 4) is 11.3 Å². The van der Waals surface area contributed by atoms with Gasteiger partial charge in [-0.05, 0) is 35.9 Å². The summed E-state index contributed by atoms with van der Waals surface area (Å²) in [5, 5.41) is 7.09. The van der Waals surface area contributed by atoms with E-state index in [1.807, 2.05) is 10.9 Å². The van der Waals surface area contributed by atoms with Gasteiger partial charge in [0.05, 0.1) is 5.69 Å². The Morgan fingerprint density at radius 2 is 1.84 bits per heavy atom. The molecule has 0 saturated carbocycles. The third-order valence-electron chi connectivity index (χ3n) is 3.28. The van der Waals surface area contributed by atoms with E-state index in [-0.39, 0.29) is 0 Å². The first-order valence-electron chi connectivity index (χ1n) is 6.59. The summed E-state index contributed by atoms with van der Waals surface area (Å²) in [6.45, 7) is 1.58. The molecule has 96 valence electrons. The quantitative estimate of drug-likeness (QED) is 0.774. The Balaban J connectivity index is 1.92. The summed E-state index contributed by atoms with van der Waals surface area (Å²) in [6, 6.07) is 16.9. The van der Waals surface area contributed by atoms with E-state index in [2.05, 4.69) is 53.6 Å². The van der Waals surface area contributed by atoms with Crippen LogP contribution < -0.4 is 5.73 Å². The van der Waals surface area contributed by atoms with E-state index in [1.165, 1.54) is 10.8 Å². The van der Waals surface area contributed by atoms with Gasteiger partial charge in [-0.2, -0.15) is 5.10 Å². The molecular weight excluding hydrogens is 234 g/mol. The van der Waals surface area contributed by atoms with Crippen LogP contribution in [0.4, 0.5) is 0 Å². The molecule has 3 heteroatoms. The largest absolute Gasteiger partial charge is 0.330 e. The Bertz CT molecular complexity index is 685. The number of aromatic nitrogens is 2. The highest BCUT2D eigenvalue weighted by atomic mass is 15.3. The van der Waals surface area contributed by atoms with Crippen molar-refractivity contribution in [2.24, 2.45) is 5.73 Å². The van der Waals surface area contributed by atoms with Crippen molar-refractivity contribution < 1.29 is 0 Å². The Morgan fingerprint density at radius 1 is 1.00 bits per heavy atom. The number of nitrogens with zero attached hydrogens (tertiary/aromatic N) is 2. The van der Waals surface area contributed by atoms with Crippen LogP contribution in [0.5, 0.6) is 0 Å². The molecule has 3 rings (SSSR count). The third-order valence-corrected chi connectivity index (χ3v) is 3.28. The zero-order valence-corrected chi connectivity index (χ0v) is 10.8. The fraction of sp³-hybridized carbons (Fsp3) is 0.188. The molecule has 2 aromatic carbocycles. The normalized spacial score (nSPS) is 11.0. The van der Waals surface area contributed by atoms with Gasteiger partial charge in [-0.25, -0.2) is 0 Å². The number of hydrogen-bond donors (Lipinski definition) is 1. The highest BCUT2D eigenvalue weighted by Gasteiger charge is 2.03. The van der Waals surface area contributed by atoms with Gasteiger partial charge < -0.3 is 5.73 Å². The summed E-state index contributed by atoms with van der Waals surface area (Å²) in [5.41, 5.74) is 7.69. The zero-order chi connectivity index (χ0) is 13.1. The van der Waals surface area contributed by atoms with Gasteiger partial charge >= 0.3 is 0 Å². The van der Waals surface area contributed by atoms with Crippen LogP contribution in [0.15, 0.2) is 54.7 Å². The third kappa shape index (κ3) is 2.51. The monoisotopic (exact) mass is 251 g/mol. The Hall–Kier alpha value is -2.13. The van der Waals surface area contributed by atoms with E-state index in [1.54, 1.807) is 0 Å². The van der Waals surface area contributed by atoms with Gasteiger partial charge in [0, 0.05) is 18.3 Å². The summed E-state index contributed by atoms with van der Waals surface area (Å²) < 4.78 is 1.96. The topological polar surface area (TPSA) is 43.8 Å². The number of nitrogens with two attached hydrogens (primary N) is 1. The highest BCUT2D eigenvalue weighted by molar-refractivity contribution is 5.86. The second-order valence-electron chi connectivity index (χ2n) is 4.67. The Kier molecular flexibility index (Phi) is 3.29. The summed E-state index contributed by atoms with van der Waals surface area (Å²) in [5.74, 6) is 0. The number of fused-ring (bicyclic) bond motifs is 1. The van der Waals surface area contributed by atoms with E-state index in [0.717, 1.165) is 24.2 Å². The molecule has 0 aliphatic rings. The van der Waals surface area contributed by atoms with Crippen molar-refractivity contribution in [3.05, 3.63) is 54.7 Å². The number of aryl methyl sites for hydroxylation is 1. The SMILES string of the molecule is NCCCn1ccc(-c2ccc3ccccc3c2)n1. The minimum atomic E-state index is 0.700. The second-order valence-corrected chi connectivity index (χ2v) is 4.67. The Morgan fingerprint density at radius 3 is 2.68 bits per heavy atom. The molecule has 0 saturated heterocycles. The summed E-state index contributed by atoms with van der Waals surface area (Å²) in [6.07, 6.45) is 2.97. The lowest BCUT2D eigenvalue weighted by Crippen LogP contribution is -2.06. The van der Waals surface area contributed by atoms with Gasteiger partial charge in [0.2, 0.25) is 0 Å². The number of hydrogen-bond acceptors (Lipinski definition) is 2. The minimum absolute atomic E-state index is 0.700. The van der Waals surface area contributed by atoms with Crippen LogP contribution in [0.25, 0.3) is 22.0 Å². The molecule has 0 fully saturated rings. The minimum Gasteiger partial charge on any atom is -0.330 e. The van der Waals surface area contributed by atoms with Crippen molar-refractivity contribution >= 4 is 10.8 Å². The zero-order valence-electron chi connectivity index (χ0n) is 10.8. The second kappa shape index (κ2) is 5.24. The van der Waals surface area contributed by atoms with Gasteiger partial charge in [0.25, 0.3) is 0 Å². The average Bonchev–Trinajstić information content (AvgIpc) is 2.93. The molecule has 0 unspecified atom stereocenters. The molecule has 19 heavy (non-hydrogen) atoms. The van der Waals surface area contributed by atoms with Gasteiger partial charge in [-0.1, -0.05) is 36.4 Å². The molecular formula is C16H17N3. The summed E-state index contributed by atoms with van der Waals surface area (Å²) >= 11 is 0. The fourth-order valence-corrected chi connectivity index (χ4v) is 2.24. The molecule has 0 atom stereocenters. The van der Waals surface area contributed by atoms with Crippen LogP contribution in [0, 0.1) is 0 Å². The standard InChI is InChI=1S/C16H17N3/c17-9-3-10-19-11-8-16(18-19)15-7-6-13-4-1-2-5-14(13)12-15/h1-2,4-8,11-12H,3,9-10,17H2. The first-order chi connectivity index (χ1) is 9.36. The maximum atomic E-state index is 5.52. The average molecular weight is 251 g/mol. The highest BCUT2D eigenvalue weighted by Crippen LogP contribution is 2.22. The van der Waals surface area contributed by atoms with Crippen LogP contribution >= 0.6 is 0 Å². The predicted molar refractivity (Wildman–Crippen MR) is 78.8 cm³/mol. The van der Waals surface area contributed by atoms with Crippen LogP contribution in [0.1, 0.15) is 6.42 Å². The van der Waals surface area contributed by atoms with Crippen LogP contribution in [-0.2, 0) is 6.54 Å². The van der Waals surface area contributed by atoms with E-state index in [4.69, 9.17) is 5.73 Å². The van der Waals surface area contributed by atoms with Crippen molar-refractivity contribution in [1.29, 1.82) is 0 Å². The first-order valence-corrected chi connectivity index (χ1v) is 6.59. The van der Waals surface area contributed by atoms with E-state index in [0.29, 0.717) is 6.54 Å². The van der Waals surface area contributed by atoms with Crippen molar-refractivity contribution in [1.82, 2.24) is 9.78 Å². The fourth-order valence-electron chi connectivity index (χ4n) is 2.24. The summed E-state index contributed by atoms with van der Waals surface area (Å²) in [4.78, 5) is 0. The lowest BCUT2D eigenvalue weighted by molar-refractivity contribution is 0.586. The lowest BCUT2D eigenvalue weighted by atomic mass is 10.1. The molecule has 3 nitrogen and oxygen atoms in total. The van der Waals surface area contributed by atoms with Gasteiger partial charge in [-0.15, -0.1) is 0 Å². The van der Waals surface area contributed by atoms with Crippen molar-refractivity contribution in [2.75, 3.05) is 6.54 Å². The molecule has 1 aromatic heterocycles. The van der Waals surface area contributed by atoms with E-state index >= 15 is 0 Å². The molecule has 0 radical (unpaired) electrons. The Labute approximate surface area is 112 Å². The predicted octanol–water partition coefficient (Wildman–Crippen LogP) is 3.05. The van der Waals surface area contributed by atoms with E-state index < -0.39 is 0 Å². The smallest absolute Gasteiger partial charge is 0.0923 e. The number of rotatable bonds is 4.